The summed E-state index contributed by atoms with van der Waals surface area (Å²) in [6.45, 7) is 3.67. The Bertz CT molecular complexity index is 2100. The predicted molar refractivity (Wildman–Crippen MR) is 159 cm³/mol. The van der Waals surface area contributed by atoms with Gasteiger partial charge in [0.1, 0.15) is 22.8 Å². The lowest BCUT2D eigenvalue weighted by molar-refractivity contribution is -0.384. The Kier molecular flexibility index (Phi) is 6.54. The van der Waals surface area contributed by atoms with Crippen LogP contribution in [0.15, 0.2) is 87.1 Å². The van der Waals surface area contributed by atoms with E-state index in [-0.39, 0.29) is 17.1 Å². The van der Waals surface area contributed by atoms with E-state index in [4.69, 9.17) is 18.9 Å². The zero-order valence-electron chi connectivity index (χ0n) is 23.2. The van der Waals surface area contributed by atoms with Crippen molar-refractivity contribution in [2.24, 2.45) is 5.10 Å². The fourth-order valence-corrected chi connectivity index (χ4v) is 5.09. The molecule has 0 saturated heterocycles. The molecule has 11 nitrogen and oxygen atoms in total. The molecule has 0 fully saturated rings. The Morgan fingerprint density at radius 3 is 2.55 bits per heavy atom. The number of benzene rings is 3. The second kappa shape index (κ2) is 10.4. The van der Waals surface area contributed by atoms with Crippen LogP contribution in [0.1, 0.15) is 17.0 Å². The lowest BCUT2D eigenvalue weighted by atomic mass is 10.2. The lowest BCUT2D eigenvalue weighted by Crippen LogP contribution is -2.20. The SMILES string of the molecule is COc1ccc(-n2c(C)cc(C=Nn3c(-c4cc5c(OC)cccc5o4)nc4ccccc4c3=O)c2C)c([N+](=O)[O-])c1. The van der Waals surface area contributed by atoms with Gasteiger partial charge in [0.25, 0.3) is 11.2 Å². The number of nitro groups is 1. The molecule has 0 bridgehead atoms. The molecule has 6 aromatic rings. The predicted octanol–water partition coefficient (Wildman–Crippen LogP) is 6.02. The van der Waals surface area contributed by atoms with Gasteiger partial charge in [-0.05, 0) is 62.4 Å². The minimum atomic E-state index is -0.445. The Morgan fingerprint density at radius 1 is 0.976 bits per heavy atom. The van der Waals surface area contributed by atoms with Crippen LogP contribution >= 0.6 is 0 Å². The molecule has 0 aliphatic carbocycles. The van der Waals surface area contributed by atoms with Crippen LogP contribution in [0.5, 0.6) is 11.5 Å². The van der Waals surface area contributed by atoms with Crippen LogP contribution in [0.3, 0.4) is 0 Å². The Morgan fingerprint density at radius 2 is 1.79 bits per heavy atom. The number of fused-ring (bicyclic) bond motifs is 2. The maximum absolute atomic E-state index is 13.7. The monoisotopic (exact) mass is 563 g/mol. The number of nitrogens with zero attached hydrogens (tertiary/aromatic N) is 5. The molecule has 42 heavy (non-hydrogen) atoms. The molecule has 0 saturated carbocycles. The summed E-state index contributed by atoms with van der Waals surface area (Å²) in [6.07, 6.45) is 1.54. The molecule has 210 valence electrons. The van der Waals surface area contributed by atoms with E-state index in [1.54, 1.807) is 66.4 Å². The van der Waals surface area contributed by atoms with Crippen molar-refractivity contribution in [1.82, 2.24) is 14.2 Å². The van der Waals surface area contributed by atoms with Crippen molar-refractivity contribution in [3.8, 4) is 28.8 Å². The number of ether oxygens (including phenoxy) is 2. The second-order valence-corrected chi connectivity index (χ2v) is 9.57. The van der Waals surface area contributed by atoms with Crippen LogP contribution < -0.4 is 15.0 Å². The van der Waals surface area contributed by atoms with Crippen molar-refractivity contribution in [3.63, 3.8) is 0 Å². The van der Waals surface area contributed by atoms with E-state index in [9.17, 15) is 14.9 Å². The van der Waals surface area contributed by atoms with Gasteiger partial charge >= 0.3 is 0 Å². The van der Waals surface area contributed by atoms with Crippen molar-refractivity contribution in [1.29, 1.82) is 0 Å². The summed E-state index contributed by atoms with van der Waals surface area (Å²) >= 11 is 0. The number of hydrogen-bond donors (Lipinski definition) is 0. The van der Waals surface area contributed by atoms with Gasteiger partial charge in [-0.3, -0.25) is 14.9 Å². The largest absolute Gasteiger partial charge is 0.496 e. The molecule has 3 aromatic heterocycles. The average Bonchev–Trinajstić information content (AvgIpc) is 3.56. The van der Waals surface area contributed by atoms with Crippen molar-refractivity contribution < 1.29 is 18.8 Å². The Labute approximate surface area is 239 Å². The Hall–Kier alpha value is -5.71. The van der Waals surface area contributed by atoms with Gasteiger partial charge in [0, 0.05) is 17.0 Å². The summed E-state index contributed by atoms with van der Waals surface area (Å²) in [4.78, 5) is 29.9. The lowest BCUT2D eigenvalue weighted by Gasteiger charge is -2.11. The van der Waals surface area contributed by atoms with Crippen LogP contribution in [0.2, 0.25) is 0 Å². The summed E-state index contributed by atoms with van der Waals surface area (Å²) in [5.74, 6) is 1.57. The van der Waals surface area contributed by atoms with Gasteiger partial charge in [-0.15, -0.1) is 0 Å². The number of hydrogen-bond acceptors (Lipinski definition) is 8. The van der Waals surface area contributed by atoms with Crippen LogP contribution in [0.4, 0.5) is 5.69 Å². The third kappa shape index (κ3) is 4.37. The molecular weight excluding hydrogens is 538 g/mol. The smallest absolute Gasteiger partial charge is 0.296 e. The van der Waals surface area contributed by atoms with Crippen LogP contribution in [0.25, 0.3) is 39.1 Å². The van der Waals surface area contributed by atoms with Crippen molar-refractivity contribution in [2.45, 2.75) is 13.8 Å². The molecule has 0 spiro atoms. The molecule has 0 N–H and O–H groups in total. The van der Waals surface area contributed by atoms with E-state index < -0.39 is 4.92 Å². The molecular formula is C31H25N5O6. The quantitative estimate of drug-likeness (QED) is 0.132. The molecule has 6 rings (SSSR count). The fraction of sp³-hybridized carbons (Fsp3) is 0.129. The van der Waals surface area contributed by atoms with E-state index in [1.807, 2.05) is 32.0 Å². The number of nitro benzene ring substituents is 1. The molecule has 3 heterocycles. The summed E-state index contributed by atoms with van der Waals surface area (Å²) in [7, 11) is 3.03. The highest BCUT2D eigenvalue weighted by molar-refractivity contribution is 5.89. The normalized spacial score (nSPS) is 11.5. The molecule has 11 heteroatoms. The second-order valence-electron chi connectivity index (χ2n) is 9.57. The number of methoxy groups -OCH3 is 2. The topological polar surface area (TPSA) is 127 Å². The molecule has 0 atom stereocenters. The number of rotatable bonds is 7. The first kappa shape index (κ1) is 26.5. The molecule has 0 amide bonds. The van der Waals surface area contributed by atoms with Gasteiger partial charge in [-0.25, -0.2) is 4.98 Å². The standard InChI is InChI=1S/C31H25N5O6/c1-18-14-20(19(2)34(18)25-13-12-21(40-3)15-26(25)36(38)39)17-32-35-30(33-24-9-6-5-8-22(24)31(35)37)29-16-23-27(41-4)10-7-11-28(23)42-29/h5-17H,1-4H3. The van der Waals surface area contributed by atoms with Crippen molar-refractivity contribution in [3.05, 3.63) is 110 Å². The first-order valence-corrected chi connectivity index (χ1v) is 13.0. The van der Waals surface area contributed by atoms with Crippen LogP contribution in [-0.4, -0.2) is 39.6 Å². The number of para-hydroxylation sites is 1. The molecule has 0 radical (unpaired) electrons. The van der Waals surface area contributed by atoms with Crippen molar-refractivity contribution >= 4 is 33.8 Å². The minimum absolute atomic E-state index is 0.0998. The third-order valence-corrected chi connectivity index (χ3v) is 7.12. The van der Waals surface area contributed by atoms with Crippen molar-refractivity contribution in [2.75, 3.05) is 14.2 Å². The van der Waals surface area contributed by atoms with Gasteiger partial charge in [-0.2, -0.15) is 9.78 Å². The number of aryl methyl sites for hydroxylation is 1. The van der Waals surface area contributed by atoms with Gasteiger partial charge < -0.3 is 18.5 Å². The highest BCUT2D eigenvalue weighted by Crippen LogP contribution is 2.33. The van der Waals surface area contributed by atoms with E-state index in [0.29, 0.717) is 50.7 Å². The van der Waals surface area contributed by atoms with Crippen LogP contribution in [-0.2, 0) is 0 Å². The summed E-state index contributed by atoms with van der Waals surface area (Å²) in [6, 6.07) is 20.8. The van der Waals surface area contributed by atoms with E-state index in [2.05, 4.69) is 5.10 Å². The van der Waals surface area contributed by atoms with Gasteiger partial charge in [0.05, 0.1) is 47.7 Å². The maximum atomic E-state index is 13.7. The molecule has 3 aromatic carbocycles. The first-order chi connectivity index (χ1) is 20.3. The maximum Gasteiger partial charge on any atom is 0.296 e. The molecule has 0 aliphatic heterocycles. The van der Waals surface area contributed by atoms with Gasteiger partial charge in [-0.1, -0.05) is 18.2 Å². The fourth-order valence-electron chi connectivity index (χ4n) is 5.09. The first-order valence-electron chi connectivity index (χ1n) is 13.0. The zero-order chi connectivity index (χ0) is 29.5. The van der Waals surface area contributed by atoms with Crippen LogP contribution in [0, 0.1) is 24.0 Å². The molecule has 0 aliphatic rings. The third-order valence-electron chi connectivity index (χ3n) is 7.12. The van der Waals surface area contributed by atoms with Gasteiger partial charge in [0.15, 0.2) is 5.76 Å². The highest BCUT2D eigenvalue weighted by Gasteiger charge is 2.21. The van der Waals surface area contributed by atoms with E-state index in [1.165, 1.54) is 17.9 Å². The molecule has 0 unspecified atom stereocenters. The number of furan rings is 1. The Balaban J connectivity index is 1.51. The summed E-state index contributed by atoms with van der Waals surface area (Å²) < 4.78 is 19.7. The van der Waals surface area contributed by atoms with E-state index in [0.717, 1.165) is 11.1 Å². The minimum Gasteiger partial charge on any atom is -0.496 e. The average molecular weight is 564 g/mol. The summed E-state index contributed by atoms with van der Waals surface area (Å²) in [5, 5.41) is 17.6. The van der Waals surface area contributed by atoms with Gasteiger partial charge in [0.2, 0.25) is 5.82 Å². The summed E-state index contributed by atoms with van der Waals surface area (Å²) in [5.41, 5.74) is 3.09. The van der Waals surface area contributed by atoms with E-state index >= 15 is 0 Å². The number of aromatic nitrogens is 3. The zero-order valence-corrected chi connectivity index (χ0v) is 23.2. The highest BCUT2D eigenvalue weighted by atomic mass is 16.6.